The van der Waals surface area contributed by atoms with Crippen LogP contribution in [0.1, 0.15) is 34.5 Å². The van der Waals surface area contributed by atoms with Gasteiger partial charge in [0.25, 0.3) is 5.91 Å². The van der Waals surface area contributed by atoms with E-state index < -0.39 is 0 Å². The van der Waals surface area contributed by atoms with Crippen LogP contribution < -0.4 is 9.47 Å². The van der Waals surface area contributed by atoms with Crippen LogP contribution in [0.25, 0.3) is 0 Å². The molecule has 2 heterocycles. The number of aryl methyl sites for hydroxylation is 2. The first-order chi connectivity index (χ1) is 12.6. The van der Waals surface area contributed by atoms with Crippen LogP contribution in [-0.2, 0) is 0 Å². The normalized spacial score (nSPS) is 17.0. The summed E-state index contributed by atoms with van der Waals surface area (Å²) in [6.45, 7) is 6.04. The van der Waals surface area contributed by atoms with Crippen molar-refractivity contribution in [2.45, 2.75) is 26.7 Å². The number of hydrogen-bond acceptors (Lipinski definition) is 4. The van der Waals surface area contributed by atoms with E-state index in [4.69, 9.17) is 9.47 Å². The Labute approximate surface area is 155 Å². The van der Waals surface area contributed by atoms with Gasteiger partial charge in [0.2, 0.25) is 0 Å². The predicted molar refractivity (Wildman–Crippen MR) is 101 cm³/mol. The minimum atomic E-state index is 0.0733. The molecule has 1 aromatic carbocycles. The van der Waals surface area contributed by atoms with Gasteiger partial charge in [-0.1, -0.05) is 0 Å². The highest BCUT2D eigenvalue weighted by Crippen LogP contribution is 2.22. The molecule has 0 spiro atoms. The number of hydrogen-bond donors (Lipinski definition) is 0. The molecule has 0 bridgehead atoms. The van der Waals surface area contributed by atoms with Crippen molar-refractivity contribution in [3.63, 3.8) is 0 Å². The number of amides is 1. The van der Waals surface area contributed by atoms with Crippen molar-refractivity contribution >= 4 is 5.91 Å². The number of ether oxygens (including phenoxy) is 2. The minimum absolute atomic E-state index is 0.0733. The van der Waals surface area contributed by atoms with E-state index in [0.29, 0.717) is 18.1 Å². The van der Waals surface area contributed by atoms with Crippen LogP contribution in [0.4, 0.5) is 0 Å². The largest absolute Gasteiger partial charge is 0.497 e. The molecule has 0 radical (unpaired) electrons. The molecule has 1 aliphatic heterocycles. The Bertz CT molecular complexity index is 758. The molecule has 0 N–H and O–H groups in total. The highest BCUT2D eigenvalue weighted by Gasteiger charge is 2.26. The van der Waals surface area contributed by atoms with E-state index in [-0.39, 0.29) is 5.91 Å². The number of pyridine rings is 1. The van der Waals surface area contributed by atoms with Crippen molar-refractivity contribution in [3.8, 4) is 11.5 Å². The van der Waals surface area contributed by atoms with Crippen LogP contribution in [0.15, 0.2) is 36.5 Å². The summed E-state index contributed by atoms with van der Waals surface area (Å²) in [5.74, 6) is 2.05. The summed E-state index contributed by atoms with van der Waals surface area (Å²) in [7, 11) is 1.65. The topological polar surface area (TPSA) is 51.7 Å². The number of likely N-dealkylation sites (tertiary alicyclic amines) is 1. The van der Waals surface area contributed by atoms with Crippen LogP contribution in [-0.4, -0.2) is 42.6 Å². The summed E-state index contributed by atoms with van der Waals surface area (Å²) < 4.78 is 11.1. The Morgan fingerprint density at radius 2 is 1.96 bits per heavy atom. The number of piperidine rings is 1. The molecule has 1 unspecified atom stereocenters. The fraction of sp³-hybridized carbons (Fsp3) is 0.429. The number of benzene rings is 1. The average Bonchev–Trinajstić information content (AvgIpc) is 2.66. The minimum Gasteiger partial charge on any atom is -0.497 e. The Morgan fingerprint density at radius 3 is 2.65 bits per heavy atom. The van der Waals surface area contributed by atoms with Gasteiger partial charge in [-0.05, 0) is 62.6 Å². The zero-order valence-electron chi connectivity index (χ0n) is 15.7. The fourth-order valence-corrected chi connectivity index (χ4v) is 3.36. The molecule has 0 aliphatic carbocycles. The summed E-state index contributed by atoms with van der Waals surface area (Å²) >= 11 is 0. The van der Waals surface area contributed by atoms with Crippen molar-refractivity contribution in [2.24, 2.45) is 5.92 Å². The van der Waals surface area contributed by atoms with Gasteiger partial charge in [0, 0.05) is 30.9 Å². The van der Waals surface area contributed by atoms with Crippen molar-refractivity contribution in [3.05, 3.63) is 53.3 Å². The Hall–Kier alpha value is -2.56. The van der Waals surface area contributed by atoms with E-state index in [1.807, 2.05) is 49.1 Å². The predicted octanol–water partition coefficient (Wildman–Crippen LogP) is 3.64. The molecule has 26 heavy (non-hydrogen) atoms. The quantitative estimate of drug-likeness (QED) is 0.823. The molecule has 1 saturated heterocycles. The van der Waals surface area contributed by atoms with Gasteiger partial charge in [-0.3, -0.25) is 9.78 Å². The van der Waals surface area contributed by atoms with E-state index in [1.165, 1.54) is 0 Å². The Kier molecular flexibility index (Phi) is 5.76. The zero-order valence-corrected chi connectivity index (χ0v) is 15.7. The molecule has 2 aromatic rings. The molecule has 1 atom stereocenters. The highest BCUT2D eigenvalue weighted by atomic mass is 16.5. The lowest BCUT2D eigenvalue weighted by Gasteiger charge is -2.33. The van der Waals surface area contributed by atoms with Crippen molar-refractivity contribution in [2.75, 3.05) is 26.8 Å². The molecule has 1 aliphatic rings. The summed E-state index contributed by atoms with van der Waals surface area (Å²) in [5.41, 5.74) is 2.62. The van der Waals surface area contributed by atoms with Crippen molar-refractivity contribution in [1.82, 2.24) is 9.88 Å². The molecule has 1 fully saturated rings. The number of carbonyl (C=O) groups is 1. The number of methoxy groups -OCH3 is 1. The molecule has 5 heteroatoms. The van der Waals surface area contributed by atoms with Gasteiger partial charge in [-0.15, -0.1) is 0 Å². The summed E-state index contributed by atoms with van der Waals surface area (Å²) in [4.78, 5) is 19.1. The highest BCUT2D eigenvalue weighted by molar-refractivity contribution is 5.95. The lowest BCUT2D eigenvalue weighted by atomic mass is 9.98. The van der Waals surface area contributed by atoms with Crippen LogP contribution in [0, 0.1) is 19.8 Å². The molecular formula is C21H26N2O3. The van der Waals surface area contributed by atoms with Gasteiger partial charge >= 0.3 is 0 Å². The third kappa shape index (κ3) is 4.34. The maximum absolute atomic E-state index is 12.9. The first-order valence-electron chi connectivity index (χ1n) is 9.06. The number of carbonyl (C=O) groups excluding carboxylic acids is 1. The number of rotatable bonds is 5. The monoisotopic (exact) mass is 354 g/mol. The fourth-order valence-electron chi connectivity index (χ4n) is 3.36. The van der Waals surface area contributed by atoms with Crippen LogP contribution in [0.3, 0.4) is 0 Å². The summed E-state index contributed by atoms with van der Waals surface area (Å²) in [5, 5.41) is 0. The third-order valence-corrected chi connectivity index (χ3v) is 4.83. The van der Waals surface area contributed by atoms with E-state index in [0.717, 1.165) is 48.7 Å². The van der Waals surface area contributed by atoms with Crippen LogP contribution in [0.5, 0.6) is 11.5 Å². The maximum Gasteiger partial charge on any atom is 0.255 e. The van der Waals surface area contributed by atoms with Crippen LogP contribution in [0.2, 0.25) is 0 Å². The first kappa shape index (κ1) is 18.2. The molecule has 5 nitrogen and oxygen atoms in total. The standard InChI is InChI=1S/C21H26N2O3/c1-15-11-16(2)22-12-20(15)21(24)23-10-4-5-17(13-23)14-26-19-8-6-18(25-3)7-9-19/h6-9,11-12,17H,4-5,10,13-14H2,1-3H3. The van der Waals surface area contributed by atoms with E-state index in [9.17, 15) is 4.79 Å². The Morgan fingerprint density at radius 1 is 1.23 bits per heavy atom. The molecule has 1 amide bonds. The van der Waals surface area contributed by atoms with Gasteiger partial charge in [0.15, 0.2) is 0 Å². The smallest absolute Gasteiger partial charge is 0.255 e. The summed E-state index contributed by atoms with van der Waals surface area (Å²) in [6, 6.07) is 9.55. The van der Waals surface area contributed by atoms with E-state index >= 15 is 0 Å². The van der Waals surface area contributed by atoms with E-state index in [1.54, 1.807) is 13.3 Å². The van der Waals surface area contributed by atoms with Gasteiger partial charge in [0.05, 0.1) is 19.3 Å². The SMILES string of the molecule is COc1ccc(OCC2CCCN(C(=O)c3cnc(C)cc3C)C2)cc1. The second-order valence-electron chi connectivity index (χ2n) is 6.89. The lowest BCUT2D eigenvalue weighted by Crippen LogP contribution is -2.41. The van der Waals surface area contributed by atoms with Gasteiger partial charge in [-0.25, -0.2) is 0 Å². The zero-order chi connectivity index (χ0) is 18.5. The second kappa shape index (κ2) is 8.21. The summed E-state index contributed by atoms with van der Waals surface area (Å²) in [6.07, 6.45) is 3.77. The first-order valence-corrected chi connectivity index (χ1v) is 9.06. The van der Waals surface area contributed by atoms with Crippen LogP contribution >= 0.6 is 0 Å². The van der Waals surface area contributed by atoms with Gasteiger partial charge in [-0.2, -0.15) is 0 Å². The number of nitrogens with zero attached hydrogens (tertiary/aromatic N) is 2. The molecule has 3 rings (SSSR count). The number of aromatic nitrogens is 1. The lowest BCUT2D eigenvalue weighted by molar-refractivity contribution is 0.0632. The van der Waals surface area contributed by atoms with Crippen molar-refractivity contribution < 1.29 is 14.3 Å². The molecule has 0 saturated carbocycles. The third-order valence-electron chi connectivity index (χ3n) is 4.83. The van der Waals surface area contributed by atoms with E-state index in [2.05, 4.69) is 4.98 Å². The molecule has 1 aromatic heterocycles. The average molecular weight is 354 g/mol. The molecule has 138 valence electrons. The molecular weight excluding hydrogens is 328 g/mol. The van der Waals surface area contributed by atoms with Gasteiger partial charge < -0.3 is 14.4 Å². The van der Waals surface area contributed by atoms with Crippen molar-refractivity contribution in [1.29, 1.82) is 0 Å². The van der Waals surface area contributed by atoms with Gasteiger partial charge in [0.1, 0.15) is 11.5 Å². The Balaban J connectivity index is 1.58. The maximum atomic E-state index is 12.9. The second-order valence-corrected chi connectivity index (χ2v) is 6.89.